The molecule has 1 heterocycles. The minimum Gasteiger partial charge on any atom is -0.495 e. The lowest BCUT2D eigenvalue weighted by molar-refractivity contribution is -0.0479. The van der Waals surface area contributed by atoms with Gasteiger partial charge in [0.25, 0.3) is 0 Å². The number of rotatable bonds is 3. The van der Waals surface area contributed by atoms with Gasteiger partial charge in [-0.25, -0.2) is 0 Å². The van der Waals surface area contributed by atoms with Crippen LogP contribution in [0.1, 0.15) is 43.8 Å². The molecule has 20 heavy (non-hydrogen) atoms. The zero-order valence-corrected chi connectivity index (χ0v) is 12.2. The van der Waals surface area contributed by atoms with E-state index >= 15 is 0 Å². The minimum absolute atomic E-state index is 0.0427. The van der Waals surface area contributed by atoms with Gasteiger partial charge in [-0.1, -0.05) is 0 Å². The summed E-state index contributed by atoms with van der Waals surface area (Å²) in [4.78, 5) is 4.53. The molecular formula is C17H24N2O. The average Bonchev–Trinajstić information content (AvgIpc) is 2.46. The van der Waals surface area contributed by atoms with Crippen LogP contribution in [0.25, 0.3) is 0 Å². The number of methoxy groups -OCH3 is 1. The van der Waals surface area contributed by atoms with Crippen molar-refractivity contribution in [2.75, 3.05) is 7.11 Å². The van der Waals surface area contributed by atoms with Gasteiger partial charge in [-0.2, -0.15) is 0 Å². The normalized spacial score (nSPS) is 39.8. The van der Waals surface area contributed by atoms with E-state index < -0.39 is 0 Å². The van der Waals surface area contributed by atoms with Gasteiger partial charge in [-0.05, 0) is 73.8 Å². The molecule has 108 valence electrons. The SMILES string of the molecule is COc1cccnc1C(N)C1C2CC3CC(C2)CC1C3. The third-order valence-corrected chi connectivity index (χ3v) is 6.05. The zero-order chi connectivity index (χ0) is 13.7. The molecule has 4 fully saturated rings. The number of aromatic nitrogens is 1. The summed E-state index contributed by atoms with van der Waals surface area (Å²) in [5, 5.41) is 0. The number of hydrogen-bond donors (Lipinski definition) is 1. The Morgan fingerprint density at radius 3 is 2.40 bits per heavy atom. The van der Waals surface area contributed by atoms with E-state index in [4.69, 9.17) is 10.5 Å². The highest BCUT2D eigenvalue weighted by Crippen LogP contribution is 2.59. The van der Waals surface area contributed by atoms with Gasteiger partial charge in [0.15, 0.2) is 0 Å². The maximum Gasteiger partial charge on any atom is 0.141 e. The quantitative estimate of drug-likeness (QED) is 0.919. The van der Waals surface area contributed by atoms with Crippen LogP contribution in [-0.2, 0) is 0 Å². The van der Waals surface area contributed by atoms with E-state index in [1.807, 2.05) is 18.3 Å². The lowest BCUT2D eigenvalue weighted by Crippen LogP contribution is -2.48. The zero-order valence-electron chi connectivity index (χ0n) is 12.2. The van der Waals surface area contributed by atoms with Crippen molar-refractivity contribution in [3.05, 3.63) is 24.0 Å². The van der Waals surface area contributed by atoms with Crippen molar-refractivity contribution in [3.8, 4) is 5.75 Å². The van der Waals surface area contributed by atoms with Crippen LogP contribution in [0.5, 0.6) is 5.75 Å². The van der Waals surface area contributed by atoms with Crippen LogP contribution in [0.2, 0.25) is 0 Å². The molecule has 3 heteroatoms. The van der Waals surface area contributed by atoms with E-state index in [-0.39, 0.29) is 6.04 Å². The van der Waals surface area contributed by atoms with Crippen LogP contribution < -0.4 is 10.5 Å². The molecule has 1 aromatic rings. The first-order valence-electron chi connectivity index (χ1n) is 8.00. The summed E-state index contributed by atoms with van der Waals surface area (Å²) in [5.41, 5.74) is 7.62. The second-order valence-electron chi connectivity index (χ2n) is 7.12. The maximum atomic E-state index is 6.65. The highest BCUT2D eigenvalue weighted by atomic mass is 16.5. The van der Waals surface area contributed by atoms with Gasteiger partial charge in [0, 0.05) is 6.20 Å². The van der Waals surface area contributed by atoms with Crippen LogP contribution in [-0.4, -0.2) is 12.1 Å². The minimum atomic E-state index is 0.0427. The Bertz CT molecular complexity index is 474. The highest BCUT2D eigenvalue weighted by molar-refractivity contribution is 5.30. The third kappa shape index (κ3) is 1.86. The van der Waals surface area contributed by atoms with Crippen LogP contribution in [0.4, 0.5) is 0 Å². The van der Waals surface area contributed by atoms with Crippen LogP contribution in [0.15, 0.2) is 18.3 Å². The Morgan fingerprint density at radius 1 is 1.15 bits per heavy atom. The second kappa shape index (κ2) is 4.73. The van der Waals surface area contributed by atoms with E-state index in [0.29, 0.717) is 5.92 Å². The first kappa shape index (κ1) is 12.6. The molecule has 0 amide bonds. The van der Waals surface area contributed by atoms with Gasteiger partial charge in [-0.15, -0.1) is 0 Å². The first-order valence-corrected chi connectivity index (χ1v) is 8.00. The van der Waals surface area contributed by atoms with Gasteiger partial charge in [-0.3, -0.25) is 4.98 Å². The first-order chi connectivity index (χ1) is 9.76. The molecule has 1 unspecified atom stereocenters. The lowest BCUT2D eigenvalue weighted by atomic mass is 9.50. The average molecular weight is 272 g/mol. The summed E-state index contributed by atoms with van der Waals surface area (Å²) < 4.78 is 5.47. The van der Waals surface area contributed by atoms with E-state index in [0.717, 1.165) is 35.1 Å². The Kier molecular flexibility index (Phi) is 2.99. The van der Waals surface area contributed by atoms with Crippen molar-refractivity contribution < 1.29 is 4.74 Å². The largest absolute Gasteiger partial charge is 0.495 e. The van der Waals surface area contributed by atoms with Crippen LogP contribution in [0, 0.1) is 29.6 Å². The number of nitrogens with zero attached hydrogens (tertiary/aromatic N) is 1. The Morgan fingerprint density at radius 2 is 1.80 bits per heavy atom. The molecule has 4 bridgehead atoms. The molecule has 0 radical (unpaired) electrons. The van der Waals surface area contributed by atoms with Crippen molar-refractivity contribution >= 4 is 0 Å². The summed E-state index contributed by atoms with van der Waals surface area (Å²) in [6.07, 6.45) is 8.94. The molecule has 0 aliphatic heterocycles. The fraction of sp³-hybridized carbons (Fsp3) is 0.706. The molecule has 0 spiro atoms. The number of hydrogen-bond acceptors (Lipinski definition) is 3. The van der Waals surface area contributed by atoms with E-state index in [9.17, 15) is 0 Å². The van der Waals surface area contributed by atoms with Crippen molar-refractivity contribution in [2.45, 2.75) is 38.1 Å². The van der Waals surface area contributed by atoms with Crippen molar-refractivity contribution in [2.24, 2.45) is 35.3 Å². The van der Waals surface area contributed by atoms with Gasteiger partial charge >= 0.3 is 0 Å². The molecule has 0 aromatic carbocycles. The van der Waals surface area contributed by atoms with Gasteiger partial charge in [0.1, 0.15) is 5.75 Å². The molecule has 4 aliphatic rings. The Labute approximate surface area is 120 Å². The molecule has 0 saturated heterocycles. The highest BCUT2D eigenvalue weighted by Gasteiger charge is 2.50. The number of pyridine rings is 1. The third-order valence-electron chi connectivity index (χ3n) is 6.05. The number of nitrogens with two attached hydrogens (primary N) is 1. The molecule has 4 aliphatic carbocycles. The summed E-state index contributed by atoms with van der Waals surface area (Å²) in [6, 6.07) is 3.95. The van der Waals surface area contributed by atoms with Crippen molar-refractivity contribution in [1.29, 1.82) is 0 Å². The van der Waals surface area contributed by atoms with Gasteiger partial charge < -0.3 is 10.5 Å². The maximum absolute atomic E-state index is 6.65. The predicted molar refractivity (Wildman–Crippen MR) is 78.3 cm³/mol. The molecule has 1 aromatic heterocycles. The van der Waals surface area contributed by atoms with E-state index in [1.165, 1.54) is 32.1 Å². The topological polar surface area (TPSA) is 48.1 Å². The standard InChI is InChI=1S/C17H24N2O/c1-20-14-3-2-4-19-17(14)16(18)15-12-6-10-5-11(8-12)9-13(15)7-10/h2-4,10-13,15-16H,5-9,18H2,1H3. The monoisotopic (exact) mass is 272 g/mol. The molecule has 4 saturated carbocycles. The Balaban J connectivity index is 1.64. The van der Waals surface area contributed by atoms with Crippen molar-refractivity contribution in [1.82, 2.24) is 4.98 Å². The fourth-order valence-corrected chi connectivity index (χ4v) is 5.56. The number of ether oxygens (including phenoxy) is 1. The summed E-state index contributed by atoms with van der Waals surface area (Å²) >= 11 is 0. The van der Waals surface area contributed by atoms with Crippen LogP contribution >= 0.6 is 0 Å². The lowest BCUT2D eigenvalue weighted by Gasteiger charge is -2.55. The van der Waals surface area contributed by atoms with Crippen LogP contribution in [0.3, 0.4) is 0 Å². The summed E-state index contributed by atoms with van der Waals surface area (Å²) in [7, 11) is 1.71. The molecule has 1 atom stereocenters. The van der Waals surface area contributed by atoms with E-state index in [2.05, 4.69) is 4.98 Å². The van der Waals surface area contributed by atoms with Gasteiger partial charge in [0.2, 0.25) is 0 Å². The van der Waals surface area contributed by atoms with Gasteiger partial charge in [0.05, 0.1) is 18.8 Å². The summed E-state index contributed by atoms with van der Waals surface area (Å²) in [5.74, 6) is 5.11. The second-order valence-corrected chi connectivity index (χ2v) is 7.12. The molecule has 5 rings (SSSR count). The predicted octanol–water partition coefficient (Wildman–Crippen LogP) is 3.16. The Hall–Kier alpha value is -1.09. The molecular weight excluding hydrogens is 248 g/mol. The molecule has 2 N–H and O–H groups in total. The van der Waals surface area contributed by atoms with Crippen molar-refractivity contribution in [3.63, 3.8) is 0 Å². The van der Waals surface area contributed by atoms with E-state index in [1.54, 1.807) is 7.11 Å². The molecule has 3 nitrogen and oxygen atoms in total. The fourth-order valence-electron chi connectivity index (χ4n) is 5.56. The summed E-state index contributed by atoms with van der Waals surface area (Å²) in [6.45, 7) is 0. The smallest absolute Gasteiger partial charge is 0.141 e.